The van der Waals surface area contributed by atoms with Gasteiger partial charge in [-0.05, 0) is 5.92 Å². The summed E-state index contributed by atoms with van der Waals surface area (Å²) in [6.45, 7) is -0.670. The smallest absolute Gasteiger partial charge is 0.325 e. The van der Waals surface area contributed by atoms with Gasteiger partial charge < -0.3 is 10.2 Å². The van der Waals surface area contributed by atoms with E-state index in [0.717, 1.165) is 4.90 Å². The summed E-state index contributed by atoms with van der Waals surface area (Å²) in [5, 5.41) is 0.511. The number of urea groups is 1. The van der Waals surface area contributed by atoms with E-state index in [1.807, 2.05) is 0 Å². The largest absolute Gasteiger partial charge is 0.335 e. The zero-order chi connectivity index (χ0) is 12.7. The van der Waals surface area contributed by atoms with Gasteiger partial charge in [0, 0.05) is 7.05 Å². The zero-order valence-corrected chi connectivity index (χ0v) is 11.1. The molecule has 0 bridgehead atoms. The van der Waals surface area contributed by atoms with Gasteiger partial charge in [-0.3, -0.25) is 14.3 Å². The number of imide groups is 1. The van der Waals surface area contributed by atoms with Crippen molar-refractivity contribution in [2.24, 2.45) is 5.92 Å². The molecule has 0 aliphatic carbocycles. The molecule has 3 unspecified atom stereocenters. The Hall–Kier alpha value is -0.520. The Labute approximate surface area is 99.0 Å². The van der Waals surface area contributed by atoms with Crippen LogP contribution in [0.15, 0.2) is 0 Å². The summed E-state index contributed by atoms with van der Waals surface area (Å²) in [7, 11) is 1.27. The highest BCUT2D eigenvalue weighted by Crippen LogP contribution is 2.62. The normalized spacial score (nSPS) is 31.2. The van der Waals surface area contributed by atoms with Crippen molar-refractivity contribution >= 4 is 30.8 Å². The molecule has 0 radical (unpaired) electrons. The lowest BCUT2D eigenvalue weighted by atomic mass is 9.98. The number of carbonyl (C=O) groups is 2. The van der Waals surface area contributed by atoms with Gasteiger partial charge in [-0.25, -0.2) is 4.79 Å². The van der Waals surface area contributed by atoms with Crippen LogP contribution in [-0.4, -0.2) is 34.1 Å². The summed E-state index contributed by atoms with van der Waals surface area (Å²) >= 11 is 3.62. The van der Waals surface area contributed by atoms with E-state index in [9.17, 15) is 19.0 Å². The highest BCUT2D eigenvalue weighted by molar-refractivity contribution is 8.46. The number of likely N-dealkylation sites (N-methyl/N-ethyl adjacent to an activating group) is 1. The Bertz CT molecular complexity index is 382. The SMILES string of the molecule is CCC(C)C1(P(=O)(O)S)NC(=O)N(C)C1=O. The molecule has 1 aliphatic heterocycles. The molecule has 8 heteroatoms. The molecule has 1 aliphatic rings. The predicted molar refractivity (Wildman–Crippen MR) is 62.3 cm³/mol. The summed E-state index contributed by atoms with van der Waals surface area (Å²) in [6.07, 6.45) is 0.477. The van der Waals surface area contributed by atoms with Crippen LogP contribution in [0.4, 0.5) is 4.79 Å². The van der Waals surface area contributed by atoms with Gasteiger partial charge in [0.2, 0.25) is 5.28 Å². The van der Waals surface area contributed by atoms with Gasteiger partial charge >= 0.3 is 6.03 Å². The van der Waals surface area contributed by atoms with Crippen LogP contribution in [0.1, 0.15) is 20.3 Å². The minimum atomic E-state index is -4.08. The van der Waals surface area contributed by atoms with Gasteiger partial charge in [0.15, 0.2) is 0 Å². The van der Waals surface area contributed by atoms with E-state index in [-0.39, 0.29) is 0 Å². The second-order valence-electron chi connectivity index (χ2n) is 3.91. The highest BCUT2D eigenvalue weighted by atomic mass is 32.7. The number of rotatable bonds is 3. The van der Waals surface area contributed by atoms with Crippen LogP contribution in [0.25, 0.3) is 0 Å². The molecule has 0 spiro atoms. The Morgan fingerprint density at radius 1 is 1.62 bits per heavy atom. The number of carbonyl (C=O) groups excluding carboxylic acids is 2. The molecule has 0 aromatic rings. The molecule has 3 atom stereocenters. The third-order valence-electron chi connectivity index (χ3n) is 3.02. The van der Waals surface area contributed by atoms with Crippen LogP contribution < -0.4 is 5.32 Å². The number of hydrogen-bond donors (Lipinski definition) is 3. The molecule has 1 saturated heterocycles. The molecule has 3 amide bonds. The molecule has 0 aromatic heterocycles. The van der Waals surface area contributed by atoms with Crippen molar-refractivity contribution in [3.05, 3.63) is 0 Å². The summed E-state index contributed by atoms with van der Waals surface area (Å²) in [4.78, 5) is 33.8. The summed E-state index contributed by atoms with van der Waals surface area (Å²) in [5.74, 6) is -1.17. The molecular formula is C8H15N2O4PS. The second-order valence-corrected chi connectivity index (χ2v) is 7.33. The quantitative estimate of drug-likeness (QED) is 0.404. The van der Waals surface area contributed by atoms with E-state index < -0.39 is 29.7 Å². The topological polar surface area (TPSA) is 86.7 Å². The molecular weight excluding hydrogens is 251 g/mol. The van der Waals surface area contributed by atoms with Crippen LogP contribution in [0.5, 0.6) is 0 Å². The minimum Gasteiger partial charge on any atom is -0.335 e. The van der Waals surface area contributed by atoms with Crippen molar-refractivity contribution in [3.63, 3.8) is 0 Å². The van der Waals surface area contributed by atoms with Crippen molar-refractivity contribution in [1.29, 1.82) is 0 Å². The Morgan fingerprint density at radius 2 is 2.12 bits per heavy atom. The summed E-state index contributed by atoms with van der Waals surface area (Å²) in [6, 6.07) is -0.673. The Balaban J connectivity index is 3.34. The van der Waals surface area contributed by atoms with Crippen molar-refractivity contribution in [2.75, 3.05) is 7.05 Å². The maximum Gasteiger partial charge on any atom is 0.325 e. The average molecular weight is 266 g/mol. The monoisotopic (exact) mass is 266 g/mol. The first-order valence-electron chi connectivity index (χ1n) is 4.84. The van der Waals surface area contributed by atoms with Gasteiger partial charge in [-0.2, -0.15) is 0 Å². The van der Waals surface area contributed by atoms with Crippen LogP contribution in [0, 0.1) is 5.92 Å². The minimum absolute atomic E-state index is 0.470. The number of amides is 3. The van der Waals surface area contributed by atoms with Crippen molar-refractivity contribution in [1.82, 2.24) is 10.2 Å². The van der Waals surface area contributed by atoms with Crippen LogP contribution in [-0.2, 0) is 9.36 Å². The van der Waals surface area contributed by atoms with Gasteiger partial charge in [0.25, 0.3) is 12.5 Å². The van der Waals surface area contributed by atoms with Crippen LogP contribution in [0.3, 0.4) is 0 Å². The Morgan fingerprint density at radius 3 is 2.38 bits per heavy atom. The molecule has 16 heavy (non-hydrogen) atoms. The van der Waals surface area contributed by atoms with E-state index in [1.54, 1.807) is 13.8 Å². The Kier molecular flexibility index (Phi) is 3.43. The molecule has 1 fully saturated rings. The molecule has 92 valence electrons. The molecule has 0 aromatic carbocycles. The van der Waals surface area contributed by atoms with E-state index in [4.69, 9.17) is 0 Å². The first-order valence-corrected chi connectivity index (χ1v) is 7.65. The molecule has 0 saturated carbocycles. The fraction of sp³-hybridized carbons (Fsp3) is 0.750. The van der Waals surface area contributed by atoms with E-state index >= 15 is 0 Å². The summed E-state index contributed by atoms with van der Waals surface area (Å²) in [5.41, 5.74) is 0. The van der Waals surface area contributed by atoms with Gasteiger partial charge in [-0.1, -0.05) is 32.5 Å². The fourth-order valence-electron chi connectivity index (χ4n) is 1.76. The third kappa shape index (κ3) is 1.67. The van der Waals surface area contributed by atoms with Crippen LogP contribution in [0.2, 0.25) is 0 Å². The first-order chi connectivity index (χ1) is 7.18. The zero-order valence-electron chi connectivity index (χ0n) is 9.30. The molecule has 6 nitrogen and oxygen atoms in total. The fourth-order valence-corrected chi connectivity index (χ4v) is 4.16. The molecule has 1 heterocycles. The number of nitrogens with zero attached hydrogens (tertiary/aromatic N) is 1. The average Bonchev–Trinajstić information content (AvgIpc) is 2.41. The molecule has 2 N–H and O–H groups in total. The van der Waals surface area contributed by atoms with Crippen molar-refractivity contribution < 1.29 is 19.0 Å². The third-order valence-corrected chi connectivity index (χ3v) is 5.63. The lowest BCUT2D eigenvalue weighted by molar-refractivity contribution is -0.129. The van der Waals surface area contributed by atoms with Gasteiger partial charge in [0.05, 0.1) is 0 Å². The standard InChI is InChI=1S/C8H15N2O4PS/c1-4-5(2)8(15(13,14)16)6(11)10(3)7(12)9-8/h5H,4H2,1-3H3,(H,9,12)(H2,13,14,16). The lowest BCUT2D eigenvalue weighted by Crippen LogP contribution is -2.50. The first kappa shape index (κ1) is 13.5. The van der Waals surface area contributed by atoms with E-state index in [1.165, 1.54) is 7.05 Å². The number of thiol groups is 1. The predicted octanol–water partition coefficient (Wildman–Crippen LogP) is 1.03. The van der Waals surface area contributed by atoms with Crippen molar-refractivity contribution in [2.45, 2.75) is 25.5 Å². The van der Waals surface area contributed by atoms with Crippen molar-refractivity contribution in [3.8, 4) is 0 Å². The highest BCUT2D eigenvalue weighted by Gasteiger charge is 2.62. The van der Waals surface area contributed by atoms with Gasteiger partial charge in [-0.15, -0.1) is 0 Å². The van der Waals surface area contributed by atoms with Gasteiger partial charge in [0.1, 0.15) is 0 Å². The maximum absolute atomic E-state index is 11.9. The number of nitrogens with one attached hydrogen (secondary N) is 1. The molecule has 1 rings (SSSR count). The van der Waals surface area contributed by atoms with E-state index in [2.05, 4.69) is 17.6 Å². The van der Waals surface area contributed by atoms with E-state index in [0.29, 0.717) is 6.42 Å². The maximum atomic E-state index is 11.9. The van der Waals surface area contributed by atoms with Crippen LogP contribution >= 0.6 is 18.8 Å². The number of hydrogen-bond acceptors (Lipinski definition) is 3. The second kappa shape index (κ2) is 4.05. The lowest BCUT2D eigenvalue weighted by Gasteiger charge is -2.33. The summed E-state index contributed by atoms with van der Waals surface area (Å²) < 4.78 is 11.8.